The highest BCUT2D eigenvalue weighted by Crippen LogP contribution is 2.36. The molecule has 2 heterocycles. The maximum atomic E-state index is 14.5. The molecule has 432 valence electrons. The average molecular weight is 1070 g/mol. The van der Waals surface area contributed by atoms with Crippen LogP contribution in [0.1, 0.15) is 145 Å². The number of carbonyl (C=O) groups is 7. The first-order valence-electron chi connectivity index (χ1n) is 28.0. The van der Waals surface area contributed by atoms with Crippen LogP contribution in [0.25, 0.3) is 0 Å². The number of amides is 4. The number of likely N-dealkylation sites (tertiary alicyclic amines) is 2. The summed E-state index contributed by atoms with van der Waals surface area (Å²) in [7, 11) is 8.53. The van der Waals surface area contributed by atoms with Crippen molar-refractivity contribution in [3.63, 3.8) is 0 Å². The third-order valence-corrected chi connectivity index (χ3v) is 16.1. The summed E-state index contributed by atoms with van der Waals surface area (Å²) in [6.45, 7) is 20.2. The number of nitrogens with one attached hydrogen (secondary N) is 1. The highest BCUT2D eigenvalue weighted by molar-refractivity contribution is 5.90. The Balaban J connectivity index is 1.69. The van der Waals surface area contributed by atoms with Crippen LogP contribution in [0.4, 0.5) is 4.79 Å². The van der Waals surface area contributed by atoms with Crippen LogP contribution in [0.3, 0.4) is 0 Å². The molecule has 13 atom stereocenters. The van der Waals surface area contributed by atoms with Crippen molar-refractivity contribution in [2.45, 2.75) is 182 Å². The number of ether oxygens (including phenoxy) is 5. The maximum absolute atomic E-state index is 14.5. The van der Waals surface area contributed by atoms with Gasteiger partial charge in [-0.15, -0.1) is 0 Å². The summed E-state index contributed by atoms with van der Waals surface area (Å²) in [4.78, 5) is 104. The predicted molar refractivity (Wildman–Crippen MR) is 291 cm³/mol. The third kappa shape index (κ3) is 18.6. The molecule has 2 aliphatic heterocycles. The normalized spacial score (nSPS) is 20.2. The van der Waals surface area contributed by atoms with Crippen molar-refractivity contribution in [1.82, 2.24) is 24.9 Å². The number of ketones is 2. The lowest BCUT2D eigenvalue weighted by Crippen LogP contribution is -2.53. The number of nitrogens with zero attached hydrogens (tertiary/aromatic N) is 4. The quantitative estimate of drug-likeness (QED) is 0.0532. The van der Waals surface area contributed by atoms with Crippen LogP contribution >= 0.6 is 0 Å². The number of esters is 1. The molecule has 18 heteroatoms. The highest BCUT2D eigenvalue weighted by atomic mass is 16.7. The molecule has 2 aliphatic rings. The van der Waals surface area contributed by atoms with Gasteiger partial charge in [-0.05, 0) is 75.4 Å². The molecule has 3 rings (SSSR count). The van der Waals surface area contributed by atoms with Crippen LogP contribution in [-0.2, 0) is 52.5 Å². The number of alkyl carbamates (subject to hydrolysis) is 1. The molecule has 3 unspecified atom stereocenters. The van der Waals surface area contributed by atoms with E-state index in [1.807, 2.05) is 110 Å². The van der Waals surface area contributed by atoms with Crippen molar-refractivity contribution in [3.8, 4) is 0 Å². The predicted octanol–water partition coefficient (Wildman–Crippen LogP) is 7.09. The molecule has 0 spiro atoms. The first-order valence-corrected chi connectivity index (χ1v) is 28.0. The fourth-order valence-corrected chi connectivity index (χ4v) is 11.3. The van der Waals surface area contributed by atoms with Crippen LogP contribution in [-0.4, -0.2) is 177 Å². The van der Waals surface area contributed by atoms with E-state index in [1.54, 1.807) is 19.1 Å². The number of likely N-dealkylation sites (N-methyl/N-ethyl adjacent to an activating group) is 2. The van der Waals surface area contributed by atoms with E-state index in [0.29, 0.717) is 32.4 Å². The van der Waals surface area contributed by atoms with Gasteiger partial charge in [0.25, 0.3) is 0 Å². The molecule has 0 aromatic heterocycles. The topological polar surface area (TPSA) is 211 Å². The van der Waals surface area contributed by atoms with Gasteiger partial charge in [-0.25, -0.2) is 9.59 Å². The highest BCUT2D eigenvalue weighted by Gasteiger charge is 2.43. The second kappa shape index (κ2) is 32.4. The minimum absolute atomic E-state index is 0.0178. The minimum atomic E-state index is -0.876. The molecule has 2 saturated heterocycles. The van der Waals surface area contributed by atoms with Crippen LogP contribution in [0, 0.1) is 41.4 Å². The maximum Gasteiger partial charge on any atom is 0.407 e. The first kappa shape index (κ1) is 65.8. The van der Waals surface area contributed by atoms with Crippen molar-refractivity contribution < 1.29 is 62.4 Å². The number of aliphatic hydroxyl groups excluding tert-OH is 1. The number of hydrogen-bond acceptors (Lipinski definition) is 14. The van der Waals surface area contributed by atoms with Gasteiger partial charge in [0.1, 0.15) is 24.5 Å². The van der Waals surface area contributed by atoms with E-state index < -0.39 is 66.5 Å². The lowest BCUT2D eigenvalue weighted by atomic mass is 9.80. The summed E-state index contributed by atoms with van der Waals surface area (Å²) in [6.07, 6.45) is 0.454. The van der Waals surface area contributed by atoms with Gasteiger partial charge in [-0.3, -0.25) is 28.9 Å². The second-order valence-corrected chi connectivity index (χ2v) is 22.4. The summed E-state index contributed by atoms with van der Waals surface area (Å²) in [5.74, 6) is -2.75. The Kier molecular flexibility index (Phi) is 28.1. The number of benzene rings is 1. The van der Waals surface area contributed by atoms with E-state index in [4.69, 9.17) is 23.7 Å². The minimum Gasteiger partial charge on any atom is -0.456 e. The van der Waals surface area contributed by atoms with Crippen molar-refractivity contribution in [1.29, 1.82) is 0 Å². The van der Waals surface area contributed by atoms with Crippen molar-refractivity contribution in [3.05, 3.63) is 35.9 Å². The van der Waals surface area contributed by atoms with Gasteiger partial charge in [-0.2, -0.15) is 0 Å². The fourth-order valence-electron chi connectivity index (χ4n) is 11.3. The number of rotatable bonds is 33. The van der Waals surface area contributed by atoms with E-state index in [2.05, 4.69) is 19.2 Å². The standard InChI is InChI=1S/C58H97N5O13/c1-16-38(7)54(61(13)56(69)44(36(3)4)32-48(66)53(37(5)6)60(11)12)49(72-14)33-51(68)62-29-21-25-45(62)40(9)41(10)47(65)31-39(8)55(42-23-19-18-20-24-42)76-57(70)46-26-22-30-63(46)50(67)27-28-59-58(71)74-35-52(73-15)75-43(17-2)34-64/h18-20,23-24,36-41,43-46,49,52-55,64H,16-17,21-22,25-35H2,1-15H3,(H,59,71)/t38-,39-,40+,41+,43?,44?,45-,46+,49+,52?,53-,54-,55+/m0/s1. The average Bonchev–Trinajstić information content (AvgIpc) is 4.10. The number of aliphatic hydroxyl groups is 1. The van der Waals surface area contributed by atoms with Gasteiger partial charge in [0.2, 0.25) is 17.7 Å². The molecular weight excluding hydrogens is 975 g/mol. The van der Waals surface area contributed by atoms with E-state index in [-0.39, 0.29) is 110 Å². The van der Waals surface area contributed by atoms with Crippen LogP contribution in [0.2, 0.25) is 0 Å². The zero-order valence-electron chi connectivity index (χ0n) is 48.8. The molecule has 1 aromatic rings. The summed E-state index contributed by atoms with van der Waals surface area (Å²) in [6, 6.07) is 7.48. The lowest BCUT2D eigenvalue weighted by Gasteiger charge is -2.41. The Morgan fingerprint density at radius 1 is 0.763 bits per heavy atom. The summed E-state index contributed by atoms with van der Waals surface area (Å²) < 4.78 is 28.3. The largest absolute Gasteiger partial charge is 0.456 e. The smallest absolute Gasteiger partial charge is 0.407 e. The fraction of sp³-hybridized carbons (Fsp3) is 0.776. The molecule has 0 bridgehead atoms. The van der Waals surface area contributed by atoms with Gasteiger partial charge >= 0.3 is 12.1 Å². The SMILES string of the molecule is CCC(CO)OC(COC(=O)NCCC(=O)N1CCC[C@@H]1C(=O)O[C@@H](c1ccccc1)[C@@H](C)CC(=O)[C@H](C)[C@@H](C)[C@@H]1CCCN1C(=O)C[C@@H](OC)[C@H]([C@@H](C)CC)N(C)C(=O)C(CC(=O)[C@H](C(C)C)N(C)C)C(C)C)OC. The second-order valence-electron chi connectivity index (χ2n) is 22.4. The molecule has 4 amide bonds. The molecule has 0 radical (unpaired) electrons. The molecule has 1 aromatic carbocycles. The van der Waals surface area contributed by atoms with Crippen molar-refractivity contribution in [2.24, 2.45) is 41.4 Å². The van der Waals surface area contributed by atoms with E-state index in [1.165, 1.54) is 12.0 Å². The van der Waals surface area contributed by atoms with Gasteiger partial charge in [0.05, 0.1) is 37.3 Å². The van der Waals surface area contributed by atoms with Gasteiger partial charge in [-0.1, -0.05) is 106 Å². The van der Waals surface area contributed by atoms with Crippen LogP contribution in [0.5, 0.6) is 0 Å². The van der Waals surface area contributed by atoms with Crippen LogP contribution in [0.15, 0.2) is 30.3 Å². The molecule has 2 fully saturated rings. The van der Waals surface area contributed by atoms with E-state index in [9.17, 15) is 38.7 Å². The Bertz CT molecular complexity index is 1980. The van der Waals surface area contributed by atoms with Crippen LogP contribution < -0.4 is 5.32 Å². The first-order chi connectivity index (χ1) is 36.0. The molecule has 76 heavy (non-hydrogen) atoms. The molecular formula is C58H97N5O13. The number of Topliss-reactive ketones (excluding diaryl/α,β-unsaturated/α-hetero) is 2. The Morgan fingerprint density at radius 2 is 1.41 bits per heavy atom. The summed E-state index contributed by atoms with van der Waals surface area (Å²) >= 11 is 0. The zero-order chi connectivity index (χ0) is 57.0. The Labute approximate surface area is 454 Å². The summed E-state index contributed by atoms with van der Waals surface area (Å²) in [5, 5.41) is 12.0. The monoisotopic (exact) mass is 1070 g/mol. The lowest BCUT2D eigenvalue weighted by molar-refractivity contribution is -0.181. The number of carbonyl (C=O) groups excluding carboxylic acids is 7. The van der Waals surface area contributed by atoms with Gasteiger partial charge in [0, 0.05) is 84.0 Å². The van der Waals surface area contributed by atoms with Gasteiger partial charge < -0.3 is 48.8 Å². The summed E-state index contributed by atoms with van der Waals surface area (Å²) in [5.41, 5.74) is 0.721. The molecule has 18 nitrogen and oxygen atoms in total. The van der Waals surface area contributed by atoms with E-state index in [0.717, 1.165) is 24.8 Å². The Hall–Kier alpha value is -4.49. The van der Waals surface area contributed by atoms with Gasteiger partial charge in [0.15, 0.2) is 12.1 Å². The van der Waals surface area contributed by atoms with Crippen molar-refractivity contribution in [2.75, 3.05) is 68.2 Å². The third-order valence-electron chi connectivity index (χ3n) is 16.1. The number of hydrogen-bond donors (Lipinski definition) is 2. The van der Waals surface area contributed by atoms with E-state index >= 15 is 0 Å². The molecule has 2 N–H and O–H groups in total. The van der Waals surface area contributed by atoms with Crippen molar-refractivity contribution >= 4 is 41.4 Å². The Morgan fingerprint density at radius 3 is 1.97 bits per heavy atom. The molecule has 0 aliphatic carbocycles. The zero-order valence-corrected chi connectivity index (χ0v) is 48.8. The number of methoxy groups -OCH3 is 2. The molecule has 0 saturated carbocycles.